The number of carbonyl (C=O) groups is 1. The number of rotatable bonds is 4. The van der Waals surface area contributed by atoms with Gasteiger partial charge < -0.3 is 20.5 Å². The van der Waals surface area contributed by atoms with Gasteiger partial charge >= 0.3 is 0 Å². The summed E-state index contributed by atoms with van der Waals surface area (Å²) in [6, 6.07) is 1.71. The summed E-state index contributed by atoms with van der Waals surface area (Å²) in [5, 5.41) is 17.3. The van der Waals surface area contributed by atoms with E-state index in [2.05, 4.69) is 10.6 Å². The summed E-state index contributed by atoms with van der Waals surface area (Å²) < 4.78 is 5.02. The van der Waals surface area contributed by atoms with Crippen molar-refractivity contribution in [1.82, 2.24) is 10.6 Å². The molecule has 0 bridgehead atoms. The quantitative estimate of drug-likeness (QED) is 0.713. The predicted octanol–water partition coefficient (Wildman–Crippen LogP) is 0.0668. The zero-order valence-electron chi connectivity index (χ0n) is 9.60. The molecular formula is C11H16N2O3S. The summed E-state index contributed by atoms with van der Waals surface area (Å²) >= 11 is 1.35. The molecule has 0 saturated carbocycles. The van der Waals surface area contributed by atoms with E-state index in [9.17, 15) is 9.90 Å². The molecule has 2 unspecified atom stereocenters. The first kappa shape index (κ1) is 12.3. The van der Waals surface area contributed by atoms with Crippen LogP contribution in [0.5, 0.6) is 5.75 Å². The van der Waals surface area contributed by atoms with E-state index in [1.165, 1.54) is 11.3 Å². The van der Waals surface area contributed by atoms with Crippen molar-refractivity contribution in [3.05, 3.63) is 16.3 Å². The number of hydrogen-bond acceptors (Lipinski definition) is 5. The van der Waals surface area contributed by atoms with Crippen LogP contribution in [0.15, 0.2) is 11.4 Å². The van der Waals surface area contributed by atoms with E-state index >= 15 is 0 Å². The first-order valence-corrected chi connectivity index (χ1v) is 6.38. The van der Waals surface area contributed by atoms with Crippen LogP contribution in [0.3, 0.4) is 0 Å². The molecule has 5 nitrogen and oxygen atoms in total. The van der Waals surface area contributed by atoms with Crippen molar-refractivity contribution in [1.29, 1.82) is 0 Å². The number of thiophene rings is 1. The van der Waals surface area contributed by atoms with Gasteiger partial charge in [-0.05, 0) is 0 Å². The van der Waals surface area contributed by atoms with Crippen molar-refractivity contribution in [3.8, 4) is 5.75 Å². The number of ether oxygens (including phenoxy) is 1. The molecule has 1 aliphatic heterocycles. The fraction of sp³-hybridized carbons (Fsp3) is 0.545. The molecule has 0 aromatic carbocycles. The first-order chi connectivity index (χ1) is 8.20. The minimum absolute atomic E-state index is 0.0980. The van der Waals surface area contributed by atoms with Gasteiger partial charge in [0.05, 0.1) is 18.1 Å². The van der Waals surface area contributed by atoms with Crippen LogP contribution in [0, 0.1) is 5.92 Å². The minimum atomic E-state index is -0.367. The Bertz CT molecular complexity index is 394. The van der Waals surface area contributed by atoms with Crippen LogP contribution in [0.4, 0.5) is 0 Å². The highest BCUT2D eigenvalue weighted by Crippen LogP contribution is 2.20. The van der Waals surface area contributed by atoms with Gasteiger partial charge in [0.15, 0.2) is 0 Å². The number of β-amino-alcohol motifs (C(OH)–C–C–N with tert-alkyl or cyclic N) is 1. The monoisotopic (exact) mass is 256 g/mol. The minimum Gasteiger partial charge on any atom is -0.496 e. The maximum atomic E-state index is 11.8. The molecule has 1 fully saturated rings. The topological polar surface area (TPSA) is 70.6 Å². The molecule has 0 spiro atoms. The zero-order valence-corrected chi connectivity index (χ0v) is 10.4. The normalized spacial score (nSPS) is 23.6. The van der Waals surface area contributed by atoms with E-state index in [0.717, 1.165) is 6.54 Å². The number of carbonyl (C=O) groups excluding carboxylic acids is 1. The van der Waals surface area contributed by atoms with E-state index in [1.54, 1.807) is 18.6 Å². The molecular weight excluding hydrogens is 240 g/mol. The first-order valence-electron chi connectivity index (χ1n) is 5.50. The smallest absolute Gasteiger partial charge is 0.261 e. The summed E-state index contributed by atoms with van der Waals surface area (Å²) in [7, 11) is 1.57. The number of hydrogen-bond donors (Lipinski definition) is 3. The lowest BCUT2D eigenvalue weighted by molar-refractivity contribution is 0.0931. The maximum absolute atomic E-state index is 11.8. The van der Waals surface area contributed by atoms with Gasteiger partial charge in [-0.3, -0.25) is 4.79 Å². The zero-order chi connectivity index (χ0) is 12.3. The van der Waals surface area contributed by atoms with Gasteiger partial charge in [0.2, 0.25) is 0 Å². The van der Waals surface area contributed by atoms with Gasteiger partial charge in [0, 0.05) is 37.0 Å². The average molecular weight is 256 g/mol. The molecule has 1 aromatic rings. The lowest BCUT2D eigenvalue weighted by Crippen LogP contribution is -2.34. The molecule has 94 valence electrons. The Balaban J connectivity index is 1.84. The molecule has 2 heterocycles. The van der Waals surface area contributed by atoms with Crippen LogP contribution in [0.25, 0.3) is 0 Å². The highest BCUT2D eigenvalue weighted by molar-refractivity contribution is 7.12. The Morgan fingerprint density at radius 1 is 1.71 bits per heavy atom. The molecule has 0 aliphatic carbocycles. The van der Waals surface area contributed by atoms with Gasteiger partial charge in [-0.25, -0.2) is 0 Å². The molecule has 1 aromatic heterocycles. The highest BCUT2D eigenvalue weighted by atomic mass is 32.1. The predicted molar refractivity (Wildman–Crippen MR) is 65.6 cm³/mol. The molecule has 2 rings (SSSR count). The highest BCUT2D eigenvalue weighted by Gasteiger charge is 2.25. The molecule has 0 radical (unpaired) electrons. The maximum Gasteiger partial charge on any atom is 0.261 e. The largest absolute Gasteiger partial charge is 0.496 e. The molecule has 1 aliphatic rings. The third-order valence-electron chi connectivity index (χ3n) is 2.86. The van der Waals surface area contributed by atoms with Crippen LogP contribution >= 0.6 is 11.3 Å². The van der Waals surface area contributed by atoms with Gasteiger partial charge in [0.25, 0.3) is 5.91 Å². The van der Waals surface area contributed by atoms with Crippen molar-refractivity contribution >= 4 is 17.2 Å². The van der Waals surface area contributed by atoms with Gasteiger partial charge in [0.1, 0.15) is 5.75 Å². The Morgan fingerprint density at radius 3 is 3.12 bits per heavy atom. The van der Waals surface area contributed by atoms with Crippen molar-refractivity contribution in [2.45, 2.75) is 6.10 Å². The number of nitrogens with one attached hydrogen (secondary N) is 2. The summed E-state index contributed by atoms with van der Waals surface area (Å²) in [5.41, 5.74) is 0. The van der Waals surface area contributed by atoms with Crippen LogP contribution in [0.1, 0.15) is 9.67 Å². The van der Waals surface area contributed by atoms with E-state index in [-0.39, 0.29) is 17.9 Å². The number of aliphatic hydroxyl groups excluding tert-OH is 1. The summed E-state index contributed by atoms with van der Waals surface area (Å²) in [4.78, 5) is 12.4. The van der Waals surface area contributed by atoms with Crippen LogP contribution in [0.2, 0.25) is 0 Å². The Hall–Kier alpha value is -1.11. The Labute approximate surface area is 104 Å². The Kier molecular flexibility index (Phi) is 3.98. The van der Waals surface area contributed by atoms with Crippen LogP contribution in [-0.2, 0) is 0 Å². The van der Waals surface area contributed by atoms with Crippen LogP contribution < -0.4 is 15.4 Å². The Morgan fingerprint density at radius 2 is 2.53 bits per heavy atom. The molecule has 2 atom stereocenters. The third kappa shape index (κ3) is 2.96. The van der Waals surface area contributed by atoms with Crippen molar-refractivity contribution in [3.63, 3.8) is 0 Å². The second-order valence-corrected chi connectivity index (χ2v) is 4.96. The second kappa shape index (κ2) is 5.48. The van der Waals surface area contributed by atoms with Crippen molar-refractivity contribution in [2.24, 2.45) is 5.92 Å². The number of amides is 1. The van der Waals surface area contributed by atoms with E-state index in [1.807, 2.05) is 0 Å². The summed E-state index contributed by atoms with van der Waals surface area (Å²) in [6.07, 6.45) is -0.367. The fourth-order valence-electron chi connectivity index (χ4n) is 1.78. The standard InChI is InChI=1S/C11H16N2O3S/c1-16-8-2-10(17-6-8)11(15)13-4-7-3-12-5-9(7)14/h2,6-7,9,12,14H,3-5H2,1H3,(H,13,15). The lowest BCUT2D eigenvalue weighted by Gasteiger charge is -2.13. The lowest BCUT2D eigenvalue weighted by atomic mass is 10.1. The third-order valence-corrected chi connectivity index (χ3v) is 3.77. The summed E-state index contributed by atoms with van der Waals surface area (Å²) in [5.74, 6) is 0.681. The van der Waals surface area contributed by atoms with Crippen LogP contribution in [-0.4, -0.2) is 43.9 Å². The number of aliphatic hydroxyl groups is 1. The molecule has 1 amide bonds. The number of methoxy groups -OCH3 is 1. The van der Waals surface area contributed by atoms with Gasteiger partial charge in [-0.1, -0.05) is 0 Å². The second-order valence-electron chi connectivity index (χ2n) is 4.05. The fourth-order valence-corrected chi connectivity index (χ4v) is 2.55. The van der Waals surface area contributed by atoms with Crippen molar-refractivity contribution < 1.29 is 14.6 Å². The van der Waals surface area contributed by atoms with Gasteiger partial charge in [-0.2, -0.15) is 0 Å². The average Bonchev–Trinajstić information content (AvgIpc) is 2.94. The van der Waals surface area contributed by atoms with E-state index in [0.29, 0.717) is 23.7 Å². The molecule has 6 heteroatoms. The van der Waals surface area contributed by atoms with E-state index < -0.39 is 0 Å². The molecule has 17 heavy (non-hydrogen) atoms. The van der Waals surface area contributed by atoms with Gasteiger partial charge in [-0.15, -0.1) is 11.3 Å². The SMILES string of the molecule is COc1csc(C(=O)NCC2CNCC2O)c1. The van der Waals surface area contributed by atoms with E-state index in [4.69, 9.17) is 4.74 Å². The summed E-state index contributed by atoms with van der Waals surface area (Å²) in [6.45, 7) is 1.84. The molecule has 1 saturated heterocycles. The molecule has 3 N–H and O–H groups in total. The van der Waals surface area contributed by atoms with Crippen molar-refractivity contribution in [2.75, 3.05) is 26.7 Å².